The second-order valence-corrected chi connectivity index (χ2v) is 6.45. The van der Waals surface area contributed by atoms with Gasteiger partial charge in [0.1, 0.15) is 6.61 Å². The molecule has 0 aliphatic heterocycles. The summed E-state index contributed by atoms with van der Waals surface area (Å²) in [5.41, 5.74) is 0. The second-order valence-electron chi connectivity index (χ2n) is 5.24. The standard InChI is InChI=1S/C15H22N2O4S/c1-10(18)21-9-12(11-6-4-5-7-11)22-15-16-13(19-2)8-14(17-15)20-3/h8,11-12H,4-7,9H2,1-3H3. The topological polar surface area (TPSA) is 70.5 Å². The number of carbonyl (C=O) groups excluding carboxylic acids is 1. The van der Waals surface area contributed by atoms with Gasteiger partial charge in [0.05, 0.1) is 20.3 Å². The highest BCUT2D eigenvalue weighted by Gasteiger charge is 2.28. The van der Waals surface area contributed by atoms with Crippen LogP contribution < -0.4 is 9.47 Å². The molecule has 0 saturated heterocycles. The highest BCUT2D eigenvalue weighted by Crippen LogP contribution is 2.37. The molecule has 1 saturated carbocycles. The quantitative estimate of drug-likeness (QED) is 0.433. The molecule has 2 rings (SSSR count). The van der Waals surface area contributed by atoms with E-state index < -0.39 is 0 Å². The van der Waals surface area contributed by atoms with Crippen molar-refractivity contribution in [2.24, 2.45) is 5.92 Å². The molecule has 0 radical (unpaired) electrons. The minimum atomic E-state index is -0.257. The van der Waals surface area contributed by atoms with Gasteiger partial charge >= 0.3 is 5.97 Å². The van der Waals surface area contributed by atoms with Crippen molar-refractivity contribution in [2.75, 3.05) is 20.8 Å². The van der Waals surface area contributed by atoms with E-state index >= 15 is 0 Å². The zero-order valence-electron chi connectivity index (χ0n) is 13.2. The van der Waals surface area contributed by atoms with Gasteiger partial charge in [0.2, 0.25) is 11.8 Å². The Balaban J connectivity index is 2.12. The number of methoxy groups -OCH3 is 2. The molecule has 0 N–H and O–H groups in total. The fourth-order valence-corrected chi connectivity index (χ4v) is 3.73. The van der Waals surface area contributed by atoms with E-state index in [9.17, 15) is 4.79 Å². The fourth-order valence-electron chi connectivity index (χ4n) is 2.58. The highest BCUT2D eigenvalue weighted by molar-refractivity contribution is 7.99. The van der Waals surface area contributed by atoms with Crippen molar-refractivity contribution in [1.82, 2.24) is 9.97 Å². The van der Waals surface area contributed by atoms with Crippen LogP contribution >= 0.6 is 11.8 Å². The summed E-state index contributed by atoms with van der Waals surface area (Å²) in [5, 5.41) is 0.739. The summed E-state index contributed by atoms with van der Waals surface area (Å²) in [6, 6.07) is 1.64. The molecule has 1 heterocycles. The van der Waals surface area contributed by atoms with Crippen molar-refractivity contribution >= 4 is 17.7 Å². The molecule has 1 aliphatic rings. The van der Waals surface area contributed by atoms with E-state index in [2.05, 4.69) is 9.97 Å². The average molecular weight is 326 g/mol. The Hall–Kier alpha value is -1.50. The molecule has 1 aromatic rings. The molecule has 22 heavy (non-hydrogen) atoms. The van der Waals surface area contributed by atoms with Crippen LogP contribution in [-0.2, 0) is 9.53 Å². The number of carbonyl (C=O) groups is 1. The maximum atomic E-state index is 11.1. The molecule has 7 heteroatoms. The summed E-state index contributed by atoms with van der Waals surface area (Å²) in [6.07, 6.45) is 4.76. The average Bonchev–Trinajstić information content (AvgIpc) is 3.05. The van der Waals surface area contributed by atoms with Crippen LogP contribution in [0.1, 0.15) is 32.6 Å². The van der Waals surface area contributed by atoms with Crippen LogP contribution in [0.2, 0.25) is 0 Å². The summed E-state index contributed by atoms with van der Waals surface area (Å²) < 4.78 is 15.6. The van der Waals surface area contributed by atoms with Gasteiger partial charge in [-0.25, -0.2) is 0 Å². The van der Waals surface area contributed by atoms with Gasteiger partial charge < -0.3 is 14.2 Å². The summed E-state index contributed by atoms with van der Waals surface area (Å²) in [6.45, 7) is 1.81. The van der Waals surface area contributed by atoms with Crippen molar-refractivity contribution in [3.63, 3.8) is 0 Å². The molecular weight excluding hydrogens is 304 g/mol. The van der Waals surface area contributed by atoms with E-state index in [1.807, 2.05) is 0 Å². The van der Waals surface area contributed by atoms with E-state index in [0.29, 0.717) is 29.4 Å². The molecule has 0 amide bonds. The monoisotopic (exact) mass is 326 g/mol. The number of rotatable bonds is 7. The molecule has 1 aliphatic carbocycles. The van der Waals surface area contributed by atoms with Crippen molar-refractivity contribution in [2.45, 2.75) is 43.0 Å². The minimum absolute atomic E-state index is 0.156. The van der Waals surface area contributed by atoms with Gasteiger partial charge in [0, 0.05) is 12.2 Å². The number of aromatic nitrogens is 2. The number of hydrogen-bond acceptors (Lipinski definition) is 7. The lowest BCUT2D eigenvalue weighted by atomic mass is 10.0. The zero-order chi connectivity index (χ0) is 15.9. The Morgan fingerprint density at radius 2 is 1.86 bits per heavy atom. The molecule has 1 atom stereocenters. The molecule has 1 fully saturated rings. The van der Waals surface area contributed by atoms with E-state index in [1.165, 1.54) is 31.5 Å². The first kappa shape index (κ1) is 16.9. The summed E-state index contributed by atoms with van der Waals surface area (Å²) in [7, 11) is 3.12. The first-order valence-corrected chi connectivity index (χ1v) is 8.27. The third-order valence-electron chi connectivity index (χ3n) is 3.71. The number of thioether (sulfide) groups is 1. The SMILES string of the molecule is COc1cc(OC)nc(SC(COC(C)=O)C2CCCC2)n1. The lowest BCUT2D eigenvalue weighted by Crippen LogP contribution is -2.22. The van der Waals surface area contributed by atoms with Gasteiger partial charge in [-0.2, -0.15) is 9.97 Å². The van der Waals surface area contributed by atoms with Crippen molar-refractivity contribution in [1.29, 1.82) is 0 Å². The van der Waals surface area contributed by atoms with Crippen molar-refractivity contribution in [3.05, 3.63) is 6.07 Å². The highest BCUT2D eigenvalue weighted by atomic mass is 32.2. The number of nitrogens with zero attached hydrogens (tertiary/aromatic N) is 2. The smallest absolute Gasteiger partial charge is 0.302 e. The summed E-state index contributed by atoms with van der Waals surface area (Å²) in [4.78, 5) is 19.8. The maximum absolute atomic E-state index is 11.1. The normalized spacial score (nSPS) is 16.3. The molecule has 6 nitrogen and oxygen atoms in total. The van der Waals surface area contributed by atoms with E-state index in [4.69, 9.17) is 14.2 Å². The van der Waals surface area contributed by atoms with Crippen molar-refractivity contribution in [3.8, 4) is 11.8 Å². The van der Waals surface area contributed by atoms with Crippen LogP contribution in [0.15, 0.2) is 11.2 Å². The Kier molecular flexibility index (Phi) is 6.30. The second kappa shape index (κ2) is 8.22. The van der Waals surface area contributed by atoms with Crippen LogP contribution in [0, 0.1) is 5.92 Å². The summed E-state index contributed by atoms with van der Waals surface area (Å²) >= 11 is 1.53. The largest absolute Gasteiger partial charge is 0.481 e. The van der Waals surface area contributed by atoms with Crippen LogP contribution in [0.4, 0.5) is 0 Å². The Morgan fingerprint density at radius 1 is 1.27 bits per heavy atom. The van der Waals surface area contributed by atoms with Gasteiger partial charge in [0.25, 0.3) is 0 Å². The molecule has 0 aromatic carbocycles. The van der Waals surface area contributed by atoms with E-state index in [0.717, 1.165) is 12.8 Å². The molecule has 1 aromatic heterocycles. The molecule has 122 valence electrons. The number of hydrogen-bond donors (Lipinski definition) is 0. The minimum Gasteiger partial charge on any atom is -0.481 e. The first-order valence-electron chi connectivity index (χ1n) is 7.39. The fraction of sp³-hybridized carbons (Fsp3) is 0.667. The Labute approximate surface area is 135 Å². The van der Waals surface area contributed by atoms with Crippen molar-refractivity contribution < 1.29 is 19.0 Å². The lowest BCUT2D eigenvalue weighted by molar-refractivity contribution is -0.141. The predicted molar refractivity (Wildman–Crippen MR) is 83.4 cm³/mol. The Bertz CT molecular complexity index is 484. The van der Waals surface area contributed by atoms with Gasteiger partial charge in [-0.1, -0.05) is 24.6 Å². The predicted octanol–water partition coefficient (Wildman–Crippen LogP) is 2.71. The van der Waals surface area contributed by atoms with Gasteiger partial charge in [0.15, 0.2) is 5.16 Å². The van der Waals surface area contributed by atoms with E-state index in [1.54, 1.807) is 20.3 Å². The molecule has 0 spiro atoms. The molecular formula is C15H22N2O4S. The first-order chi connectivity index (χ1) is 10.6. The van der Waals surface area contributed by atoms with Gasteiger partial charge in [-0.15, -0.1) is 0 Å². The number of ether oxygens (including phenoxy) is 3. The van der Waals surface area contributed by atoms with E-state index in [-0.39, 0.29) is 11.2 Å². The molecule has 0 bridgehead atoms. The lowest BCUT2D eigenvalue weighted by Gasteiger charge is -2.21. The Morgan fingerprint density at radius 3 is 2.36 bits per heavy atom. The third kappa shape index (κ3) is 4.76. The maximum Gasteiger partial charge on any atom is 0.302 e. The van der Waals surface area contributed by atoms with Crippen LogP contribution in [-0.4, -0.2) is 42.0 Å². The third-order valence-corrected chi connectivity index (χ3v) is 4.93. The summed E-state index contributed by atoms with van der Waals surface area (Å²) in [5.74, 6) is 1.19. The molecule has 1 unspecified atom stereocenters. The number of esters is 1. The van der Waals surface area contributed by atoms with Crippen LogP contribution in [0.5, 0.6) is 11.8 Å². The van der Waals surface area contributed by atoms with Gasteiger partial charge in [-0.3, -0.25) is 4.79 Å². The van der Waals surface area contributed by atoms with Crippen LogP contribution in [0.25, 0.3) is 0 Å². The van der Waals surface area contributed by atoms with Crippen LogP contribution in [0.3, 0.4) is 0 Å². The van der Waals surface area contributed by atoms with Gasteiger partial charge in [-0.05, 0) is 18.8 Å². The zero-order valence-corrected chi connectivity index (χ0v) is 14.0.